The Bertz CT molecular complexity index is 610. The largest absolute Gasteiger partial charge is 0.348 e. The number of amides is 2. The second-order valence-corrected chi connectivity index (χ2v) is 7.84. The molecule has 1 saturated carbocycles. The Morgan fingerprint density at radius 1 is 1.12 bits per heavy atom. The first-order valence-corrected chi connectivity index (χ1v) is 10.3. The molecule has 1 aliphatic carbocycles. The van der Waals surface area contributed by atoms with Crippen LogP contribution in [0.2, 0.25) is 0 Å². The number of rotatable bonds is 6. The summed E-state index contributed by atoms with van der Waals surface area (Å²) in [7, 11) is 0. The van der Waals surface area contributed by atoms with Crippen molar-refractivity contribution in [1.29, 1.82) is 0 Å². The second-order valence-electron chi connectivity index (χ2n) is 6.99. The molecule has 25 heavy (non-hydrogen) atoms. The molecule has 0 unspecified atom stereocenters. The molecule has 6 heteroatoms. The van der Waals surface area contributed by atoms with Crippen molar-refractivity contribution in [3.63, 3.8) is 0 Å². The summed E-state index contributed by atoms with van der Waals surface area (Å²) in [4.78, 5) is 27.3. The Kier molecular flexibility index (Phi) is 6.37. The fraction of sp³-hybridized carbons (Fsp3) is 0.579. The number of carbonyl (C=O) groups is 2. The zero-order valence-electron chi connectivity index (χ0n) is 14.8. The molecule has 3 rings (SSSR count). The van der Waals surface area contributed by atoms with Crippen molar-refractivity contribution in [2.24, 2.45) is 5.92 Å². The zero-order chi connectivity index (χ0) is 17.6. The minimum Gasteiger partial charge on any atom is -0.348 e. The minimum absolute atomic E-state index is 0.227. The standard InChI is InChI=1S/C19H27N3O2S/c1-25-17-5-3-2-4-15(17)13-22-10-8-14(9-11-22)12-20-18(23)19(24)21-16-6-7-16/h2-5,14,16H,6-13H2,1H3,(H,20,23)(H,21,24). The van der Waals surface area contributed by atoms with E-state index < -0.39 is 11.8 Å². The van der Waals surface area contributed by atoms with E-state index in [-0.39, 0.29) is 6.04 Å². The zero-order valence-corrected chi connectivity index (χ0v) is 15.6. The average molecular weight is 362 g/mol. The fourth-order valence-electron chi connectivity index (χ4n) is 3.22. The third-order valence-electron chi connectivity index (χ3n) is 4.96. The van der Waals surface area contributed by atoms with Gasteiger partial charge in [0.15, 0.2) is 0 Å². The quantitative estimate of drug-likeness (QED) is 0.601. The van der Waals surface area contributed by atoms with Crippen LogP contribution in [0.1, 0.15) is 31.2 Å². The number of hydrogen-bond donors (Lipinski definition) is 2. The van der Waals surface area contributed by atoms with Crippen molar-refractivity contribution in [3.8, 4) is 0 Å². The van der Waals surface area contributed by atoms with Gasteiger partial charge in [0.25, 0.3) is 0 Å². The van der Waals surface area contributed by atoms with Gasteiger partial charge >= 0.3 is 11.8 Å². The summed E-state index contributed by atoms with van der Waals surface area (Å²) >= 11 is 1.80. The normalized spacial score (nSPS) is 18.8. The number of piperidine rings is 1. The van der Waals surface area contributed by atoms with E-state index in [0.29, 0.717) is 12.5 Å². The van der Waals surface area contributed by atoms with Crippen molar-refractivity contribution in [2.75, 3.05) is 25.9 Å². The second kappa shape index (κ2) is 8.72. The van der Waals surface area contributed by atoms with Crippen LogP contribution in [0, 0.1) is 5.92 Å². The van der Waals surface area contributed by atoms with E-state index in [1.165, 1.54) is 10.5 Å². The first-order chi connectivity index (χ1) is 12.2. The first kappa shape index (κ1) is 18.3. The van der Waals surface area contributed by atoms with Gasteiger partial charge in [-0.2, -0.15) is 0 Å². The van der Waals surface area contributed by atoms with E-state index in [2.05, 4.69) is 46.1 Å². The van der Waals surface area contributed by atoms with Crippen molar-refractivity contribution in [3.05, 3.63) is 29.8 Å². The molecule has 0 radical (unpaired) electrons. The highest BCUT2D eigenvalue weighted by atomic mass is 32.2. The summed E-state index contributed by atoms with van der Waals surface area (Å²) in [6, 6.07) is 8.80. The maximum atomic E-state index is 11.8. The molecule has 1 aromatic rings. The number of hydrogen-bond acceptors (Lipinski definition) is 4. The third kappa shape index (κ3) is 5.47. The lowest BCUT2D eigenvalue weighted by Crippen LogP contribution is -2.44. The number of thioether (sulfide) groups is 1. The summed E-state index contributed by atoms with van der Waals surface area (Å²) in [5.74, 6) is -0.499. The fourth-order valence-corrected chi connectivity index (χ4v) is 3.83. The highest BCUT2D eigenvalue weighted by Gasteiger charge is 2.27. The van der Waals surface area contributed by atoms with E-state index in [4.69, 9.17) is 0 Å². The van der Waals surface area contributed by atoms with E-state index >= 15 is 0 Å². The van der Waals surface area contributed by atoms with E-state index in [0.717, 1.165) is 45.3 Å². The van der Waals surface area contributed by atoms with Crippen LogP contribution >= 0.6 is 11.8 Å². The van der Waals surface area contributed by atoms with Gasteiger partial charge in [-0.25, -0.2) is 0 Å². The predicted molar refractivity (Wildman–Crippen MR) is 100 cm³/mol. The van der Waals surface area contributed by atoms with Crippen molar-refractivity contribution in [2.45, 2.75) is 43.2 Å². The molecule has 2 fully saturated rings. The lowest BCUT2D eigenvalue weighted by atomic mass is 9.96. The van der Waals surface area contributed by atoms with Gasteiger partial charge in [0, 0.05) is 24.0 Å². The molecule has 5 nitrogen and oxygen atoms in total. The summed E-state index contributed by atoms with van der Waals surface area (Å²) in [5, 5.41) is 5.52. The molecule has 2 N–H and O–H groups in total. The molecule has 2 aliphatic rings. The van der Waals surface area contributed by atoms with Crippen LogP contribution in [0.25, 0.3) is 0 Å². The summed E-state index contributed by atoms with van der Waals surface area (Å²) in [6.45, 7) is 3.67. The van der Waals surface area contributed by atoms with E-state index in [1.807, 2.05) is 0 Å². The van der Waals surface area contributed by atoms with Crippen LogP contribution in [0.4, 0.5) is 0 Å². The molecular weight excluding hydrogens is 334 g/mol. The number of carbonyl (C=O) groups excluding carboxylic acids is 2. The Morgan fingerprint density at radius 2 is 1.84 bits per heavy atom. The van der Waals surface area contributed by atoms with Gasteiger partial charge in [-0.3, -0.25) is 14.5 Å². The molecule has 0 atom stereocenters. The van der Waals surface area contributed by atoms with Crippen LogP contribution in [0.15, 0.2) is 29.2 Å². The molecule has 136 valence electrons. The molecule has 1 aliphatic heterocycles. The van der Waals surface area contributed by atoms with Gasteiger partial charge in [0.2, 0.25) is 0 Å². The number of benzene rings is 1. The van der Waals surface area contributed by atoms with Gasteiger partial charge in [-0.05, 0) is 62.6 Å². The van der Waals surface area contributed by atoms with Gasteiger partial charge in [-0.1, -0.05) is 18.2 Å². The molecule has 0 spiro atoms. The molecule has 1 aromatic carbocycles. The topological polar surface area (TPSA) is 61.4 Å². The Morgan fingerprint density at radius 3 is 2.52 bits per heavy atom. The van der Waals surface area contributed by atoms with Crippen molar-refractivity contribution < 1.29 is 9.59 Å². The molecule has 0 aromatic heterocycles. The van der Waals surface area contributed by atoms with Gasteiger partial charge < -0.3 is 10.6 Å². The highest BCUT2D eigenvalue weighted by Crippen LogP contribution is 2.24. The Labute approximate surface area is 153 Å². The molecular formula is C19H27N3O2S. The van der Waals surface area contributed by atoms with Crippen LogP contribution in [-0.4, -0.2) is 48.6 Å². The smallest absolute Gasteiger partial charge is 0.309 e. The van der Waals surface area contributed by atoms with Crippen molar-refractivity contribution >= 4 is 23.6 Å². The molecule has 2 amide bonds. The highest BCUT2D eigenvalue weighted by molar-refractivity contribution is 7.98. The Hall–Kier alpha value is -1.53. The van der Waals surface area contributed by atoms with Crippen LogP contribution < -0.4 is 10.6 Å². The average Bonchev–Trinajstić information content (AvgIpc) is 3.45. The summed E-state index contributed by atoms with van der Waals surface area (Å²) in [5.41, 5.74) is 1.39. The Balaban J connectivity index is 1.38. The number of likely N-dealkylation sites (tertiary alicyclic amines) is 1. The predicted octanol–water partition coefficient (Wildman–Crippen LogP) is 2.02. The molecule has 0 bridgehead atoms. The van der Waals surface area contributed by atoms with E-state index in [9.17, 15) is 9.59 Å². The van der Waals surface area contributed by atoms with Crippen LogP contribution in [0.3, 0.4) is 0 Å². The first-order valence-electron chi connectivity index (χ1n) is 9.08. The lowest BCUT2D eigenvalue weighted by Gasteiger charge is -2.32. The molecule has 1 saturated heterocycles. The maximum Gasteiger partial charge on any atom is 0.309 e. The summed E-state index contributed by atoms with van der Waals surface area (Å²) in [6.07, 6.45) is 6.24. The van der Waals surface area contributed by atoms with Crippen LogP contribution in [-0.2, 0) is 16.1 Å². The SMILES string of the molecule is CSc1ccccc1CN1CCC(CNC(=O)C(=O)NC2CC2)CC1. The van der Waals surface area contributed by atoms with Gasteiger partial charge in [-0.15, -0.1) is 11.8 Å². The number of nitrogens with zero attached hydrogens (tertiary/aromatic N) is 1. The monoisotopic (exact) mass is 361 g/mol. The molecule has 1 heterocycles. The lowest BCUT2D eigenvalue weighted by molar-refractivity contribution is -0.139. The van der Waals surface area contributed by atoms with Gasteiger partial charge in [0.1, 0.15) is 0 Å². The maximum absolute atomic E-state index is 11.8. The minimum atomic E-state index is -0.483. The number of nitrogens with one attached hydrogen (secondary N) is 2. The van der Waals surface area contributed by atoms with Crippen molar-refractivity contribution in [1.82, 2.24) is 15.5 Å². The van der Waals surface area contributed by atoms with E-state index in [1.54, 1.807) is 11.8 Å². The van der Waals surface area contributed by atoms with Gasteiger partial charge in [0.05, 0.1) is 0 Å². The third-order valence-corrected chi connectivity index (χ3v) is 5.80. The summed E-state index contributed by atoms with van der Waals surface area (Å²) < 4.78 is 0. The van der Waals surface area contributed by atoms with Crippen LogP contribution in [0.5, 0.6) is 0 Å².